The first-order chi connectivity index (χ1) is 11.7. The molecule has 1 aliphatic heterocycles. The number of aryl methyl sites for hydroxylation is 1. The summed E-state index contributed by atoms with van der Waals surface area (Å²) in [5.74, 6) is 1.82. The summed E-state index contributed by atoms with van der Waals surface area (Å²) < 4.78 is 0. The highest BCUT2D eigenvalue weighted by molar-refractivity contribution is 5.80. The maximum absolute atomic E-state index is 4.49. The lowest BCUT2D eigenvalue weighted by Crippen LogP contribution is -2.41. The number of hydrogen-bond donors (Lipinski definition) is 1. The third kappa shape index (κ3) is 5.52. The van der Waals surface area contributed by atoms with Gasteiger partial charge >= 0.3 is 0 Å². The molecule has 0 bridgehead atoms. The zero-order valence-electron chi connectivity index (χ0n) is 15.9. The molecule has 1 heterocycles. The molecule has 1 atom stereocenters. The van der Waals surface area contributed by atoms with Gasteiger partial charge in [-0.2, -0.15) is 0 Å². The minimum absolute atomic E-state index is 0.764. The Balaban J connectivity index is 1.76. The molecule has 0 aromatic heterocycles. The molecule has 1 saturated heterocycles. The van der Waals surface area contributed by atoms with Crippen LogP contribution in [0.5, 0.6) is 0 Å². The molecule has 1 aromatic rings. The van der Waals surface area contributed by atoms with E-state index in [1.165, 1.54) is 24.1 Å². The molecule has 0 amide bonds. The van der Waals surface area contributed by atoms with Gasteiger partial charge in [-0.25, -0.2) is 0 Å². The number of rotatable bonds is 7. The SMILES string of the molecule is CCN(CC)CC1CCN(C(=NC)NCCc2ccc(C)cc2)C1. The minimum atomic E-state index is 0.764. The Morgan fingerprint density at radius 3 is 2.58 bits per heavy atom. The molecule has 0 saturated carbocycles. The fourth-order valence-corrected chi connectivity index (χ4v) is 3.43. The fraction of sp³-hybridized carbons (Fsp3) is 0.650. The molecule has 2 rings (SSSR count). The molecule has 0 aliphatic carbocycles. The highest BCUT2D eigenvalue weighted by Gasteiger charge is 2.25. The molecule has 0 spiro atoms. The maximum Gasteiger partial charge on any atom is 0.193 e. The minimum Gasteiger partial charge on any atom is -0.356 e. The van der Waals surface area contributed by atoms with E-state index >= 15 is 0 Å². The van der Waals surface area contributed by atoms with Crippen LogP contribution in [-0.2, 0) is 6.42 Å². The Labute approximate surface area is 147 Å². The molecule has 1 unspecified atom stereocenters. The van der Waals surface area contributed by atoms with Crippen LogP contribution in [0.25, 0.3) is 0 Å². The Hall–Kier alpha value is -1.55. The van der Waals surface area contributed by atoms with E-state index in [4.69, 9.17) is 0 Å². The van der Waals surface area contributed by atoms with Crippen LogP contribution in [0.15, 0.2) is 29.3 Å². The van der Waals surface area contributed by atoms with Crippen molar-refractivity contribution < 1.29 is 0 Å². The zero-order chi connectivity index (χ0) is 17.4. The summed E-state index contributed by atoms with van der Waals surface area (Å²) in [4.78, 5) is 9.44. The van der Waals surface area contributed by atoms with Crippen LogP contribution in [0.1, 0.15) is 31.4 Å². The summed E-state index contributed by atoms with van der Waals surface area (Å²) in [6.45, 7) is 13.3. The van der Waals surface area contributed by atoms with Crippen molar-refractivity contribution in [3.63, 3.8) is 0 Å². The van der Waals surface area contributed by atoms with Gasteiger partial charge in [-0.1, -0.05) is 43.7 Å². The normalized spacial score (nSPS) is 18.5. The van der Waals surface area contributed by atoms with Crippen LogP contribution in [0, 0.1) is 12.8 Å². The van der Waals surface area contributed by atoms with Gasteiger partial charge in [0.15, 0.2) is 5.96 Å². The average Bonchev–Trinajstić information content (AvgIpc) is 3.06. The lowest BCUT2D eigenvalue weighted by atomic mass is 10.1. The van der Waals surface area contributed by atoms with Gasteiger partial charge in [0.25, 0.3) is 0 Å². The molecule has 134 valence electrons. The number of guanidine groups is 1. The van der Waals surface area contributed by atoms with Crippen molar-refractivity contribution in [3.05, 3.63) is 35.4 Å². The van der Waals surface area contributed by atoms with Gasteiger partial charge in [0.05, 0.1) is 0 Å². The van der Waals surface area contributed by atoms with Crippen LogP contribution in [0.4, 0.5) is 0 Å². The number of likely N-dealkylation sites (tertiary alicyclic amines) is 1. The molecule has 1 N–H and O–H groups in total. The largest absolute Gasteiger partial charge is 0.356 e. The van der Waals surface area contributed by atoms with E-state index in [2.05, 4.69) is 65.1 Å². The number of hydrogen-bond acceptors (Lipinski definition) is 2. The lowest BCUT2D eigenvalue weighted by Gasteiger charge is -2.24. The van der Waals surface area contributed by atoms with E-state index in [1.54, 1.807) is 0 Å². The zero-order valence-corrected chi connectivity index (χ0v) is 15.9. The first kappa shape index (κ1) is 18.8. The highest BCUT2D eigenvalue weighted by Crippen LogP contribution is 2.17. The van der Waals surface area contributed by atoms with Gasteiger partial charge in [-0.3, -0.25) is 4.99 Å². The predicted octanol–water partition coefficient (Wildman–Crippen LogP) is 2.78. The third-order valence-electron chi connectivity index (χ3n) is 5.03. The summed E-state index contributed by atoms with van der Waals surface area (Å²) in [7, 11) is 1.89. The first-order valence-corrected chi connectivity index (χ1v) is 9.39. The first-order valence-electron chi connectivity index (χ1n) is 9.39. The molecule has 4 heteroatoms. The Morgan fingerprint density at radius 1 is 1.25 bits per heavy atom. The van der Waals surface area contributed by atoms with E-state index in [9.17, 15) is 0 Å². The Kier molecular flexibility index (Phi) is 7.57. The van der Waals surface area contributed by atoms with E-state index < -0.39 is 0 Å². The molecule has 1 aliphatic rings. The average molecular weight is 331 g/mol. The second-order valence-corrected chi connectivity index (χ2v) is 6.80. The van der Waals surface area contributed by atoms with Crippen LogP contribution in [0.3, 0.4) is 0 Å². The number of nitrogens with one attached hydrogen (secondary N) is 1. The monoisotopic (exact) mass is 330 g/mol. The fourth-order valence-electron chi connectivity index (χ4n) is 3.43. The van der Waals surface area contributed by atoms with Gasteiger partial charge in [-0.05, 0) is 44.3 Å². The molecular weight excluding hydrogens is 296 g/mol. The van der Waals surface area contributed by atoms with Crippen LogP contribution in [0.2, 0.25) is 0 Å². The standard InChI is InChI=1S/C20H34N4/c1-5-23(6-2)15-19-12-14-24(16-19)20(21-4)22-13-11-18-9-7-17(3)8-10-18/h7-10,19H,5-6,11-16H2,1-4H3,(H,21,22). The Bertz CT molecular complexity index is 505. The van der Waals surface area contributed by atoms with Gasteiger partial charge in [0, 0.05) is 33.2 Å². The molecule has 24 heavy (non-hydrogen) atoms. The maximum atomic E-state index is 4.49. The predicted molar refractivity (Wildman–Crippen MR) is 104 cm³/mol. The second kappa shape index (κ2) is 9.67. The second-order valence-electron chi connectivity index (χ2n) is 6.80. The number of nitrogens with zero attached hydrogens (tertiary/aromatic N) is 3. The summed E-state index contributed by atoms with van der Waals surface area (Å²) >= 11 is 0. The van der Waals surface area contributed by atoms with Gasteiger partial charge in [0.2, 0.25) is 0 Å². The molecule has 0 radical (unpaired) electrons. The van der Waals surface area contributed by atoms with E-state index in [-0.39, 0.29) is 0 Å². The van der Waals surface area contributed by atoms with Crippen molar-refractivity contribution >= 4 is 5.96 Å². The topological polar surface area (TPSA) is 30.9 Å². The number of aliphatic imine (C=N–C) groups is 1. The van der Waals surface area contributed by atoms with Crippen molar-refractivity contribution in [2.75, 3.05) is 46.3 Å². The van der Waals surface area contributed by atoms with Crippen LogP contribution >= 0.6 is 0 Å². The van der Waals surface area contributed by atoms with E-state index in [0.29, 0.717) is 0 Å². The molecular formula is C20H34N4. The third-order valence-corrected chi connectivity index (χ3v) is 5.03. The Morgan fingerprint density at radius 2 is 1.96 bits per heavy atom. The lowest BCUT2D eigenvalue weighted by molar-refractivity contribution is 0.255. The molecule has 1 fully saturated rings. The smallest absolute Gasteiger partial charge is 0.193 e. The van der Waals surface area contributed by atoms with E-state index in [0.717, 1.165) is 51.0 Å². The van der Waals surface area contributed by atoms with Crippen molar-refractivity contribution in [3.8, 4) is 0 Å². The summed E-state index contributed by atoms with van der Waals surface area (Å²) in [5.41, 5.74) is 2.70. The van der Waals surface area contributed by atoms with Gasteiger partial charge in [0.1, 0.15) is 0 Å². The van der Waals surface area contributed by atoms with Crippen LogP contribution in [-0.4, -0.2) is 62.1 Å². The molecule has 1 aromatic carbocycles. The molecule has 4 nitrogen and oxygen atoms in total. The van der Waals surface area contributed by atoms with Gasteiger partial charge in [-0.15, -0.1) is 0 Å². The van der Waals surface area contributed by atoms with Crippen molar-refractivity contribution in [2.24, 2.45) is 10.9 Å². The number of benzene rings is 1. The quantitative estimate of drug-likeness (QED) is 0.616. The van der Waals surface area contributed by atoms with Crippen LogP contribution < -0.4 is 5.32 Å². The highest BCUT2D eigenvalue weighted by atomic mass is 15.3. The van der Waals surface area contributed by atoms with Crippen molar-refractivity contribution in [1.29, 1.82) is 0 Å². The van der Waals surface area contributed by atoms with E-state index in [1.807, 2.05) is 7.05 Å². The summed E-state index contributed by atoms with van der Waals surface area (Å²) in [6.07, 6.45) is 2.31. The van der Waals surface area contributed by atoms with Gasteiger partial charge < -0.3 is 15.1 Å². The summed E-state index contributed by atoms with van der Waals surface area (Å²) in [6, 6.07) is 8.80. The van der Waals surface area contributed by atoms with Crippen molar-refractivity contribution in [2.45, 2.75) is 33.6 Å². The van der Waals surface area contributed by atoms with Crippen molar-refractivity contribution in [1.82, 2.24) is 15.1 Å². The summed E-state index contributed by atoms with van der Waals surface area (Å²) in [5, 5.41) is 3.54.